The molecule has 30 heavy (non-hydrogen) atoms. The van der Waals surface area contributed by atoms with Gasteiger partial charge in [0.15, 0.2) is 24.8 Å². The number of alkyl halides is 3. The van der Waals surface area contributed by atoms with Gasteiger partial charge >= 0.3 is 12.1 Å². The first-order valence-corrected chi connectivity index (χ1v) is 8.92. The Bertz CT molecular complexity index is 933. The van der Waals surface area contributed by atoms with Crippen LogP contribution in [0.1, 0.15) is 29.3 Å². The van der Waals surface area contributed by atoms with E-state index in [1.807, 2.05) is 0 Å². The fraction of sp³-hybridized carbons (Fsp3) is 0.263. The zero-order valence-electron chi connectivity index (χ0n) is 15.6. The number of nitrogens with zero attached hydrogens (tertiary/aromatic N) is 1. The second-order valence-electron chi connectivity index (χ2n) is 5.85. The predicted octanol–water partition coefficient (Wildman–Crippen LogP) is 3.91. The fourth-order valence-corrected chi connectivity index (χ4v) is 2.34. The first-order valence-electron chi connectivity index (χ1n) is 8.54. The van der Waals surface area contributed by atoms with Gasteiger partial charge in [-0.2, -0.15) is 13.2 Å². The van der Waals surface area contributed by atoms with Crippen molar-refractivity contribution in [2.24, 2.45) is 0 Å². The summed E-state index contributed by atoms with van der Waals surface area (Å²) in [4.78, 5) is 38.4. The predicted molar refractivity (Wildman–Crippen MR) is 100 cm³/mol. The summed E-state index contributed by atoms with van der Waals surface area (Å²) in [5.74, 6) is -1.71. The Balaban J connectivity index is 1.79. The van der Waals surface area contributed by atoms with Crippen molar-refractivity contribution in [1.29, 1.82) is 0 Å². The van der Waals surface area contributed by atoms with E-state index < -0.39 is 41.9 Å². The molecule has 0 aliphatic carbocycles. The van der Waals surface area contributed by atoms with E-state index in [4.69, 9.17) is 21.1 Å². The molecule has 0 atom stereocenters. The van der Waals surface area contributed by atoms with Crippen LogP contribution in [0.5, 0.6) is 5.75 Å². The molecule has 1 heterocycles. The van der Waals surface area contributed by atoms with Gasteiger partial charge in [0.05, 0.1) is 10.6 Å². The van der Waals surface area contributed by atoms with Gasteiger partial charge in [0.1, 0.15) is 5.75 Å². The molecule has 1 aromatic heterocycles. The largest absolute Gasteiger partial charge is 0.482 e. The number of pyridine rings is 1. The quantitative estimate of drug-likeness (QED) is 0.490. The molecule has 0 bridgehead atoms. The van der Waals surface area contributed by atoms with Gasteiger partial charge < -0.3 is 14.8 Å². The number of anilines is 1. The van der Waals surface area contributed by atoms with Crippen LogP contribution in [0.25, 0.3) is 0 Å². The zero-order valence-corrected chi connectivity index (χ0v) is 16.3. The number of halogens is 4. The highest BCUT2D eigenvalue weighted by Crippen LogP contribution is 2.32. The highest BCUT2D eigenvalue weighted by Gasteiger charge is 2.31. The second kappa shape index (κ2) is 10.1. The molecule has 7 nitrogen and oxygen atoms in total. The summed E-state index contributed by atoms with van der Waals surface area (Å²) >= 11 is 5.67. The first kappa shape index (κ1) is 23.1. The Labute approximate surface area is 174 Å². The van der Waals surface area contributed by atoms with Crippen LogP contribution in [0.2, 0.25) is 5.02 Å². The lowest BCUT2D eigenvalue weighted by Crippen LogP contribution is -2.24. The maximum Gasteiger partial charge on any atom is 0.417 e. The van der Waals surface area contributed by atoms with E-state index >= 15 is 0 Å². The molecule has 0 saturated carbocycles. The van der Waals surface area contributed by atoms with Crippen LogP contribution in [-0.4, -0.2) is 35.9 Å². The summed E-state index contributed by atoms with van der Waals surface area (Å²) < 4.78 is 47.6. The third-order valence-electron chi connectivity index (χ3n) is 3.64. The van der Waals surface area contributed by atoms with Crippen LogP contribution < -0.4 is 10.1 Å². The summed E-state index contributed by atoms with van der Waals surface area (Å²) in [6, 6.07) is 6.76. The SMILES string of the molecule is CCC(=O)c1ccc(OCC(=O)OCC(=O)Nc2ncc(C(F)(F)F)cc2Cl)cc1. The van der Waals surface area contributed by atoms with Crippen LogP contribution in [0, 0.1) is 0 Å². The topological polar surface area (TPSA) is 94.6 Å². The molecule has 0 spiro atoms. The summed E-state index contributed by atoms with van der Waals surface area (Å²) in [7, 11) is 0. The van der Waals surface area contributed by atoms with E-state index in [-0.39, 0.29) is 11.6 Å². The van der Waals surface area contributed by atoms with Crippen LogP contribution in [0.15, 0.2) is 36.5 Å². The third-order valence-corrected chi connectivity index (χ3v) is 3.93. The van der Waals surface area contributed by atoms with Crippen molar-refractivity contribution >= 4 is 35.1 Å². The molecule has 0 fully saturated rings. The maximum atomic E-state index is 12.6. The van der Waals surface area contributed by atoms with Gasteiger partial charge in [-0.15, -0.1) is 0 Å². The first-order chi connectivity index (χ1) is 14.1. The number of hydrogen-bond donors (Lipinski definition) is 1. The van der Waals surface area contributed by atoms with Crippen molar-refractivity contribution in [3.8, 4) is 5.75 Å². The lowest BCUT2D eigenvalue weighted by atomic mass is 10.1. The Kier molecular flexibility index (Phi) is 7.76. The Morgan fingerprint density at radius 1 is 1.13 bits per heavy atom. The molecule has 0 saturated heterocycles. The summed E-state index contributed by atoms with van der Waals surface area (Å²) in [5.41, 5.74) is -0.555. The highest BCUT2D eigenvalue weighted by molar-refractivity contribution is 6.33. The van der Waals surface area contributed by atoms with Crippen LogP contribution in [-0.2, 0) is 20.5 Å². The Morgan fingerprint density at radius 2 is 1.80 bits per heavy atom. The molecule has 0 aliphatic rings. The summed E-state index contributed by atoms with van der Waals surface area (Å²) in [6.07, 6.45) is -3.75. The number of esters is 1. The van der Waals surface area contributed by atoms with Gasteiger partial charge in [0.25, 0.3) is 5.91 Å². The average Bonchev–Trinajstić information content (AvgIpc) is 2.71. The normalized spacial score (nSPS) is 11.0. The van der Waals surface area contributed by atoms with Gasteiger partial charge in [0.2, 0.25) is 0 Å². The Hall–Kier alpha value is -3.14. The number of amides is 1. The maximum absolute atomic E-state index is 12.6. The van der Waals surface area contributed by atoms with Crippen molar-refractivity contribution in [1.82, 2.24) is 4.98 Å². The molecule has 11 heteroatoms. The zero-order chi connectivity index (χ0) is 22.3. The van der Waals surface area contributed by atoms with Gasteiger partial charge in [-0.05, 0) is 30.3 Å². The molecule has 0 unspecified atom stereocenters. The molecule has 2 aromatic rings. The number of nitrogens with one attached hydrogen (secondary N) is 1. The monoisotopic (exact) mass is 444 g/mol. The highest BCUT2D eigenvalue weighted by atomic mass is 35.5. The fourth-order valence-electron chi connectivity index (χ4n) is 2.12. The summed E-state index contributed by atoms with van der Waals surface area (Å²) in [5, 5.41) is 1.72. The van der Waals surface area contributed by atoms with E-state index in [0.717, 1.165) is 0 Å². The number of ether oxygens (including phenoxy) is 2. The van der Waals surface area contributed by atoms with Crippen LogP contribution in [0.3, 0.4) is 0 Å². The molecule has 1 N–H and O–H groups in total. The van der Waals surface area contributed by atoms with Crippen molar-refractivity contribution < 1.29 is 37.0 Å². The van der Waals surface area contributed by atoms with Crippen LogP contribution in [0.4, 0.5) is 19.0 Å². The smallest absolute Gasteiger partial charge is 0.417 e. The van der Waals surface area contributed by atoms with Crippen molar-refractivity contribution in [2.75, 3.05) is 18.5 Å². The van der Waals surface area contributed by atoms with E-state index in [2.05, 4.69) is 10.3 Å². The number of carbonyl (C=O) groups is 3. The number of ketones is 1. The minimum atomic E-state index is -4.62. The molecular formula is C19H16ClF3N2O5. The van der Waals surface area contributed by atoms with E-state index in [9.17, 15) is 27.6 Å². The van der Waals surface area contributed by atoms with E-state index in [1.165, 1.54) is 12.1 Å². The number of benzene rings is 1. The van der Waals surface area contributed by atoms with E-state index in [1.54, 1.807) is 19.1 Å². The van der Waals surface area contributed by atoms with Crippen molar-refractivity contribution in [3.63, 3.8) is 0 Å². The number of hydrogen-bond acceptors (Lipinski definition) is 6. The Morgan fingerprint density at radius 3 is 2.37 bits per heavy atom. The second-order valence-corrected chi connectivity index (χ2v) is 6.26. The average molecular weight is 445 g/mol. The third kappa shape index (κ3) is 6.73. The van der Waals surface area contributed by atoms with Crippen LogP contribution >= 0.6 is 11.6 Å². The molecule has 0 aliphatic heterocycles. The molecule has 1 aromatic carbocycles. The van der Waals surface area contributed by atoms with Gasteiger partial charge in [0, 0.05) is 18.2 Å². The van der Waals surface area contributed by atoms with Crippen molar-refractivity contribution in [2.45, 2.75) is 19.5 Å². The molecule has 160 valence electrons. The minimum absolute atomic E-state index is 0.0328. The van der Waals surface area contributed by atoms with Gasteiger partial charge in [-0.25, -0.2) is 9.78 Å². The lowest BCUT2D eigenvalue weighted by Gasteiger charge is -2.10. The number of Topliss-reactive ketones (excluding diaryl/α,β-unsaturated/α-hetero) is 1. The van der Waals surface area contributed by atoms with Gasteiger partial charge in [-0.3, -0.25) is 9.59 Å². The van der Waals surface area contributed by atoms with E-state index in [0.29, 0.717) is 30.0 Å². The lowest BCUT2D eigenvalue weighted by molar-refractivity contribution is -0.149. The minimum Gasteiger partial charge on any atom is -0.482 e. The molecular weight excluding hydrogens is 429 g/mol. The number of aromatic nitrogens is 1. The number of rotatable bonds is 8. The molecule has 0 radical (unpaired) electrons. The molecule has 2 rings (SSSR count). The summed E-state index contributed by atoms with van der Waals surface area (Å²) in [6.45, 7) is 0.527. The standard InChI is InChI=1S/C19H16ClF3N2O5/c1-2-15(26)11-3-5-13(6-4-11)29-10-17(28)30-9-16(27)25-18-14(20)7-12(8-24-18)19(21,22)23/h3-8H,2,9-10H2,1H3,(H,24,25,27). The van der Waals surface area contributed by atoms with Gasteiger partial charge in [-0.1, -0.05) is 18.5 Å². The van der Waals surface area contributed by atoms with Crippen molar-refractivity contribution in [3.05, 3.63) is 52.7 Å². The molecule has 1 amide bonds. The number of carbonyl (C=O) groups excluding carboxylic acids is 3.